The van der Waals surface area contributed by atoms with E-state index in [1.807, 2.05) is 26.8 Å². The average molecular weight is 276 g/mol. The predicted octanol–water partition coefficient (Wildman–Crippen LogP) is 4.87. The van der Waals surface area contributed by atoms with Gasteiger partial charge in [0.05, 0.1) is 0 Å². The molecule has 0 fully saturated rings. The van der Waals surface area contributed by atoms with Crippen molar-refractivity contribution in [3.05, 3.63) is 35.9 Å². The molecule has 0 aliphatic heterocycles. The van der Waals surface area contributed by atoms with Crippen molar-refractivity contribution in [1.29, 1.82) is 0 Å². The van der Waals surface area contributed by atoms with Crippen LogP contribution >= 0.6 is 0 Å². The summed E-state index contributed by atoms with van der Waals surface area (Å²) in [6.45, 7) is 10.4. The molecule has 0 saturated carbocycles. The van der Waals surface area contributed by atoms with Gasteiger partial charge in [-0.25, -0.2) is 0 Å². The molecule has 0 atom stereocenters. The minimum absolute atomic E-state index is 0.0827. The van der Waals surface area contributed by atoms with E-state index in [1.54, 1.807) is 0 Å². The molecule has 0 heterocycles. The van der Waals surface area contributed by atoms with Crippen LogP contribution in [0, 0.1) is 0 Å². The Hall–Kier alpha value is -1.31. The molecule has 2 heteroatoms. The molecule has 0 aliphatic rings. The lowest BCUT2D eigenvalue weighted by atomic mass is 9.80. The van der Waals surface area contributed by atoms with E-state index in [-0.39, 0.29) is 17.0 Å². The molecule has 0 radical (unpaired) electrons. The summed E-state index contributed by atoms with van der Waals surface area (Å²) in [5.41, 5.74) is 1.08. The van der Waals surface area contributed by atoms with E-state index in [1.165, 1.54) is 5.56 Å². The lowest BCUT2D eigenvalue weighted by Gasteiger charge is -2.26. The van der Waals surface area contributed by atoms with Crippen molar-refractivity contribution in [2.75, 3.05) is 0 Å². The molecule has 0 saturated heterocycles. The van der Waals surface area contributed by atoms with Crippen molar-refractivity contribution < 1.29 is 9.53 Å². The van der Waals surface area contributed by atoms with Crippen LogP contribution in [0.1, 0.15) is 65.9 Å². The summed E-state index contributed by atoms with van der Waals surface area (Å²) in [6.07, 6.45) is 3.19. The Bertz CT molecular complexity index is 418. The number of carbonyl (C=O) groups excluding carboxylic acids is 1. The third-order valence-corrected chi connectivity index (χ3v) is 3.98. The first-order chi connectivity index (χ1) is 9.27. The second-order valence-electron chi connectivity index (χ2n) is 6.69. The quantitative estimate of drug-likeness (QED) is 0.664. The Morgan fingerprint density at radius 1 is 1.10 bits per heavy atom. The molecule has 1 aromatic carbocycles. The summed E-state index contributed by atoms with van der Waals surface area (Å²) in [4.78, 5) is 11.8. The molecule has 0 unspecified atom stereocenters. The summed E-state index contributed by atoms with van der Waals surface area (Å²) in [5, 5.41) is 0. The second-order valence-corrected chi connectivity index (χ2v) is 6.69. The zero-order chi connectivity index (χ0) is 15.2. The van der Waals surface area contributed by atoms with Crippen molar-refractivity contribution in [3.8, 4) is 0 Å². The van der Waals surface area contributed by atoms with E-state index < -0.39 is 0 Å². The van der Waals surface area contributed by atoms with Gasteiger partial charge in [0.15, 0.2) is 0 Å². The highest BCUT2D eigenvalue weighted by molar-refractivity contribution is 5.69. The first kappa shape index (κ1) is 16.7. The topological polar surface area (TPSA) is 26.3 Å². The predicted molar refractivity (Wildman–Crippen MR) is 83.8 cm³/mol. The molecule has 0 amide bonds. The first-order valence-electron chi connectivity index (χ1n) is 7.54. The van der Waals surface area contributed by atoms with Gasteiger partial charge < -0.3 is 4.74 Å². The van der Waals surface area contributed by atoms with Crippen molar-refractivity contribution >= 4 is 5.97 Å². The van der Waals surface area contributed by atoms with Crippen LogP contribution in [0.25, 0.3) is 0 Å². The van der Waals surface area contributed by atoms with Gasteiger partial charge >= 0.3 is 5.97 Å². The van der Waals surface area contributed by atoms with Crippen molar-refractivity contribution in [2.45, 2.75) is 71.3 Å². The molecular weight excluding hydrogens is 248 g/mol. The van der Waals surface area contributed by atoms with Crippen LogP contribution in [0.4, 0.5) is 0 Å². The molecule has 1 aromatic rings. The summed E-state index contributed by atoms with van der Waals surface area (Å²) in [6, 6.07) is 10.5. The van der Waals surface area contributed by atoms with Crippen molar-refractivity contribution in [3.63, 3.8) is 0 Å². The third kappa shape index (κ3) is 5.36. The molecule has 20 heavy (non-hydrogen) atoms. The maximum Gasteiger partial charge on any atom is 0.306 e. The van der Waals surface area contributed by atoms with E-state index in [4.69, 9.17) is 4.74 Å². The SMILES string of the molecule is CCC(C)(C)OC(=O)CCCC(C)(C)c1ccccc1. The lowest BCUT2D eigenvalue weighted by Crippen LogP contribution is -2.27. The Labute approximate surface area is 123 Å². The van der Waals surface area contributed by atoms with Crippen LogP contribution in [0.5, 0.6) is 0 Å². The highest BCUT2D eigenvalue weighted by Crippen LogP contribution is 2.29. The van der Waals surface area contributed by atoms with Gasteiger partial charge in [0.2, 0.25) is 0 Å². The Balaban J connectivity index is 2.42. The molecule has 0 aliphatic carbocycles. The Morgan fingerprint density at radius 2 is 1.70 bits per heavy atom. The average Bonchev–Trinajstić information content (AvgIpc) is 2.39. The van der Waals surface area contributed by atoms with Crippen LogP contribution in [0.3, 0.4) is 0 Å². The number of esters is 1. The van der Waals surface area contributed by atoms with E-state index in [0.717, 1.165) is 19.3 Å². The van der Waals surface area contributed by atoms with Crippen LogP contribution < -0.4 is 0 Å². The first-order valence-corrected chi connectivity index (χ1v) is 7.54. The maximum absolute atomic E-state index is 11.8. The van der Waals surface area contributed by atoms with Crippen molar-refractivity contribution in [1.82, 2.24) is 0 Å². The number of hydrogen-bond acceptors (Lipinski definition) is 2. The molecule has 0 aromatic heterocycles. The van der Waals surface area contributed by atoms with Gasteiger partial charge in [0.25, 0.3) is 0 Å². The zero-order valence-corrected chi connectivity index (χ0v) is 13.5. The molecule has 1 rings (SSSR count). The summed E-state index contributed by atoms with van der Waals surface area (Å²) in [5.74, 6) is -0.0827. The van der Waals surface area contributed by atoms with Crippen molar-refractivity contribution in [2.24, 2.45) is 0 Å². The number of rotatable bonds is 7. The summed E-state index contributed by atoms with van der Waals surface area (Å²) < 4.78 is 5.47. The third-order valence-electron chi connectivity index (χ3n) is 3.98. The fraction of sp³-hybridized carbons (Fsp3) is 0.611. The molecule has 0 spiro atoms. The van der Waals surface area contributed by atoms with E-state index in [0.29, 0.717) is 6.42 Å². The molecule has 112 valence electrons. The molecule has 2 nitrogen and oxygen atoms in total. The largest absolute Gasteiger partial charge is 0.460 e. The van der Waals surface area contributed by atoms with Crippen LogP contribution in [0.15, 0.2) is 30.3 Å². The summed E-state index contributed by atoms with van der Waals surface area (Å²) in [7, 11) is 0. The number of hydrogen-bond donors (Lipinski definition) is 0. The van der Waals surface area contributed by atoms with Gasteiger partial charge in [0.1, 0.15) is 5.60 Å². The highest BCUT2D eigenvalue weighted by atomic mass is 16.6. The molecular formula is C18H28O2. The molecule has 0 bridgehead atoms. The van der Waals surface area contributed by atoms with Gasteiger partial charge in [0, 0.05) is 6.42 Å². The van der Waals surface area contributed by atoms with Gasteiger partial charge in [-0.2, -0.15) is 0 Å². The summed E-state index contributed by atoms with van der Waals surface area (Å²) >= 11 is 0. The number of benzene rings is 1. The number of carbonyl (C=O) groups is 1. The van der Waals surface area contributed by atoms with E-state index in [9.17, 15) is 4.79 Å². The van der Waals surface area contributed by atoms with E-state index in [2.05, 4.69) is 38.1 Å². The normalized spacial score (nSPS) is 12.2. The monoisotopic (exact) mass is 276 g/mol. The number of ether oxygens (including phenoxy) is 1. The van der Waals surface area contributed by atoms with Gasteiger partial charge in [-0.05, 0) is 44.1 Å². The highest BCUT2D eigenvalue weighted by Gasteiger charge is 2.23. The maximum atomic E-state index is 11.8. The van der Waals surface area contributed by atoms with Gasteiger partial charge in [-0.1, -0.05) is 51.1 Å². The standard InChI is InChI=1S/C18H28O2/c1-6-18(4,5)20-16(19)13-10-14-17(2,3)15-11-8-7-9-12-15/h7-9,11-12H,6,10,13-14H2,1-5H3. The minimum atomic E-state index is -0.341. The smallest absolute Gasteiger partial charge is 0.306 e. The van der Waals surface area contributed by atoms with Gasteiger partial charge in [-0.3, -0.25) is 4.79 Å². The Morgan fingerprint density at radius 3 is 2.25 bits per heavy atom. The van der Waals surface area contributed by atoms with Gasteiger partial charge in [-0.15, -0.1) is 0 Å². The fourth-order valence-electron chi connectivity index (χ4n) is 2.14. The zero-order valence-electron chi connectivity index (χ0n) is 13.5. The van der Waals surface area contributed by atoms with Crippen LogP contribution in [-0.4, -0.2) is 11.6 Å². The lowest BCUT2D eigenvalue weighted by molar-refractivity contribution is -0.156. The minimum Gasteiger partial charge on any atom is -0.460 e. The van der Waals surface area contributed by atoms with Crippen LogP contribution in [-0.2, 0) is 14.9 Å². The molecule has 0 N–H and O–H groups in total. The second kappa shape index (κ2) is 6.92. The van der Waals surface area contributed by atoms with E-state index >= 15 is 0 Å². The Kier molecular flexibility index (Phi) is 5.79. The van der Waals surface area contributed by atoms with Crippen LogP contribution in [0.2, 0.25) is 0 Å². The fourth-order valence-corrected chi connectivity index (χ4v) is 2.14.